The third kappa shape index (κ3) is 2.00. The van der Waals surface area contributed by atoms with Gasteiger partial charge in [0.15, 0.2) is 5.78 Å². The first kappa shape index (κ1) is 11.6. The van der Waals surface area contributed by atoms with Crippen LogP contribution in [-0.2, 0) is 11.2 Å². The SMILES string of the molecule is C/C=C1\CCc2ccc(C(=O)OC)cc2C1=O. The summed E-state index contributed by atoms with van der Waals surface area (Å²) in [6, 6.07) is 5.18. The minimum Gasteiger partial charge on any atom is -0.465 e. The predicted molar refractivity (Wildman–Crippen MR) is 64.2 cm³/mol. The number of carbonyl (C=O) groups is 2. The van der Waals surface area contributed by atoms with E-state index < -0.39 is 5.97 Å². The lowest BCUT2D eigenvalue weighted by molar-refractivity contribution is 0.0600. The van der Waals surface area contributed by atoms with E-state index in [1.165, 1.54) is 7.11 Å². The maximum atomic E-state index is 12.1. The first-order chi connectivity index (χ1) is 8.17. The summed E-state index contributed by atoms with van der Waals surface area (Å²) >= 11 is 0. The van der Waals surface area contributed by atoms with Crippen LogP contribution in [0.15, 0.2) is 29.8 Å². The minimum absolute atomic E-state index is 0.0273. The Morgan fingerprint density at radius 3 is 2.76 bits per heavy atom. The summed E-state index contributed by atoms with van der Waals surface area (Å²) in [7, 11) is 1.33. The lowest BCUT2D eigenvalue weighted by atomic mass is 9.86. The van der Waals surface area contributed by atoms with Gasteiger partial charge in [0.1, 0.15) is 0 Å². The van der Waals surface area contributed by atoms with Crippen LogP contribution in [0, 0.1) is 0 Å². The predicted octanol–water partition coefficient (Wildman–Crippen LogP) is 2.55. The topological polar surface area (TPSA) is 43.4 Å². The highest BCUT2D eigenvalue weighted by atomic mass is 16.5. The third-order valence-corrected chi connectivity index (χ3v) is 3.08. The fraction of sp³-hybridized carbons (Fsp3) is 0.286. The molecule has 0 atom stereocenters. The molecule has 0 spiro atoms. The van der Waals surface area contributed by atoms with Crippen molar-refractivity contribution in [2.75, 3.05) is 7.11 Å². The van der Waals surface area contributed by atoms with Crippen molar-refractivity contribution < 1.29 is 14.3 Å². The van der Waals surface area contributed by atoms with Gasteiger partial charge in [0.25, 0.3) is 0 Å². The number of ketones is 1. The van der Waals surface area contributed by atoms with Crippen molar-refractivity contribution in [3.05, 3.63) is 46.5 Å². The van der Waals surface area contributed by atoms with Crippen molar-refractivity contribution in [3.63, 3.8) is 0 Å². The fourth-order valence-electron chi connectivity index (χ4n) is 2.08. The number of hydrogen-bond donors (Lipinski definition) is 0. The zero-order valence-electron chi connectivity index (χ0n) is 9.95. The molecule has 88 valence electrons. The molecule has 0 bridgehead atoms. The first-order valence-electron chi connectivity index (χ1n) is 5.58. The van der Waals surface area contributed by atoms with Gasteiger partial charge in [-0.15, -0.1) is 0 Å². The number of Topliss-reactive ketones (excluding diaryl/α,β-unsaturated/α-hetero) is 1. The zero-order valence-corrected chi connectivity index (χ0v) is 9.95. The number of methoxy groups -OCH3 is 1. The highest BCUT2D eigenvalue weighted by Crippen LogP contribution is 2.26. The first-order valence-corrected chi connectivity index (χ1v) is 5.58. The largest absolute Gasteiger partial charge is 0.465 e. The molecule has 0 saturated heterocycles. The molecule has 0 aromatic heterocycles. The van der Waals surface area contributed by atoms with Gasteiger partial charge >= 0.3 is 5.97 Å². The fourth-order valence-corrected chi connectivity index (χ4v) is 2.08. The molecule has 0 amide bonds. The van der Waals surface area contributed by atoms with E-state index >= 15 is 0 Å². The Morgan fingerprint density at radius 1 is 1.35 bits per heavy atom. The van der Waals surface area contributed by atoms with E-state index in [0.29, 0.717) is 11.1 Å². The number of rotatable bonds is 1. The van der Waals surface area contributed by atoms with Crippen LogP contribution in [0.4, 0.5) is 0 Å². The Labute approximate surface area is 100 Å². The van der Waals surface area contributed by atoms with Gasteiger partial charge in [-0.3, -0.25) is 4.79 Å². The van der Waals surface area contributed by atoms with Crippen LogP contribution in [0.1, 0.15) is 39.6 Å². The number of aryl methyl sites for hydroxylation is 1. The Bertz CT molecular complexity index is 512. The normalized spacial score (nSPS) is 16.8. The smallest absolute Gasteiger partial charge is 0.337 e. The Balaban J connectivity index is 2.47. The van der Waals surface area contributed by atoms with E-state index in [2.05, 4.69) is 4.74 Å². The van der Waals surface area contributed by atoms with E-state index in [-0.39, 0.29) is 5.78 Å². The van der Waals surface area contributed by atoms with Crippen molar-refractivity contribution in [3.8, 4) is 0 Å². The van der Waals surface area contributed by atoms with E-state index in [9.17, 15) is 9.59 Å². The van der Waals surface area contributed by atoms with Crippen molar-refractivity contribution >= 4 is 11.8 Å². The van der Waals surface area contributed by atoms with E-state index in [1.54, 1.807) is 12.1 Å². The van der Waals surface area contributed by atoms with Gasteiger partial charge in [0.2, 0.25) is 0 Å². The van der Waals surface area contributed by atoms with E-state index in [0.717, 1.165) is 24.0 Å². The third-order valence-electron chi connectivity index (χ3n) is 3.08. The monoisotopic (exact) mass is 230 g/mol. The summed E-state index contributed by atoms with van der Waals surface area (Å²) in [4.78, 5) is 23.5. The maximum absolute atomic E-state index is 12.1. The van der Waals surface area contributed by atoms with Gasteiger partial charge in [0, 0.05) is 5.56 Å². The molecule has 2 rings (SSSR count). The Kier molecular flexibility index (Phi) is 3.09. The summed E-state index contributed by atoms with van der Waals surface area (Å²) in [5, 5.41) is 0. The molecule has 0 saturated carbocycles. The number of esters is 1. The molecule has 17 heavy (non-hydrogen) atoms. The highest BCUT2D eigenvalue weighted by Gasteiger charge is 2.22. The Hall–Kier alpha value is -1.90. The molecule has 3 nitrogen and oxygen atoms in total. The van der Waals surface area contributed by atoms with Crippen molar-refractivity contribution in [2.45, 2.75) is 19.8 Å². The molecule has 0 N–H and O–H groups in total. The maximum Gasteiger partial charge on any atom is 0.337 e. The average Bonchev–Trinajstić information content (AvgIpc) is 2.38. The minimum atomic E-state index is -0.409. The molecule has 0 unspecified atom stereocenters. The van der Waals surface area contributed by atoms with Crippen molar-refractivity contribution in [1.29, 1.82) is 0 Å². The molecule has 3 heteroatoms. The van der Waals surface area contributed by atoms with Crippen LogP contribution in [0.3, 0.4) is 0 Å². The lowest BCUT2D eigenvalue weighted by Gasteiger charge is -2.17. The van der Waals surface area contributed by atoms with E-state index in [1.807, 2.05) is 19.1 Å². The summed E-state index contributed by atoms with van der Waals surface area (Å²) in [5.41, 5.74) is 2.89. The molecular formula is C14H14O3. The molecule has 1 aromatic rings. The van der Waals surface area contributed by atoms with Crippen LogP contribution in [0.5, 0.6) is 0 Å². The number of ether oxygens (including phenoxy) is 1. The highest BCUT2D eigenvalue weighted by molar-refractivity contribution is 6.11. The van der Waals surface area contributed by atoms with Gasteiger partial charge < -0.3 is 4.74 Å². The van der Waals surface area contributed by atoms with Gasteiger partial charge in [-0.1, -0.05) is 12.1 Å². The number of carbonyl (C=O) groups excluding carboxylic acids is 2. The van der Waals surface area contributed by atoms with E-state index in [4.69, 9.17) is 0 Å². The van der Waals surface area contributed by atoms with Crippen LogP contribution >= 0.6 is 0 Å². The standard InChI is InChI=1S/C14H14O3/c1-3-9-4-5-10-6-7-11(14(16)17-2)8-12(10)13(9)15/h3,6-8H,4-5H2,1-2H3/b9-3+. The molecule has 0 radical (unpaired) electrons. The summed E-state index contributed by atoms with van der Waals surface area (Å²) < 4.78 is 4.65. The van der Waals surface area contributed by atoms with Gasteiger partial charge in [-0.05, 0) is 43.0 Å². The second-order valence-electron chi connectivity index (χ2n) is 4.01. The molecule has 1 aliphatic rings. The molecule has 1 aliphatic carbocycles. The molecule has 0 fully saturated rings. The molecule has 1 aromatic carbocycles. The van der Waals surface area contributed by atoms with Crippen LogP contribution in [0.2, 0.25) is 0 Å². The van der Waals surface area contributed by atoms with Gasteiger partial charge in [-0.2, -0.15) is 0 Å². The Morgan fingerprint density at radius 2 is 2.12 bits per heavy atom. The summed E-state index contributed by atoms with van der Waals surface area (Å²) in [6.45, 7) is 1.86. The lowest BCUT2D eigenvalue weighted by Crippen LogP contribution is -2.15. The van der Waals surface area contributed by atoms with Crippen molar-refractivity contribution in [1.82, 2.24) is 0 Å². The second-order valence-corrected chi connectivity index (χ2v) is 4.01. The van der Waals surface area contributed by atoms with Crippen LogP contribution in [-0.4, -0.2) is 18.9 Å². The molecule has 0 aliphatic heterocycles. The number of benzene rings is 1. The van der Waals surface area contributed by atoms with Crippen LogP contribution in [0.25, 0.3) is 0 Å². The van der Waals surface area contributed by atoms with Gasteiger partial charge in [0.05, 0.1) is 12.7 Å². The summed E-state index contributed by atoms with van der Waals surface area (Å²) in [5.74, 6) is -0.382. The van der Waals surface area contributed by atoms with Crippen molar-refractivity contribution in [2.24, 2.45) is 0 Å². The number of fused-ring (bicyclic) bond motifs is 1. The number of allylic oxidation sites excluding steroid dienone is 2. The second kappa shape index (κ2) is 4.53. The number of hydrogen-bond acceptors (Lipinski definition) is 3. The average molecular weight is 230 g/mol. The zero-order chi connectivity index (χ0) is 12.4. The van der Waals surface area contributed by atoms with Gasteiger partial charge in [-0.25, -0.2) is 4.79 Å². The van der Waals surface area contributed by atoms with Crippen LogP contribution < -0.4 is 0 Å². The summed E-state index contributed by atoms with van der Waals surface area (Å²) in [6.07, 6.45) is 3.47. The molecular weight excluding hydrogens is 216 g/mol. The molecule has 0 heterocycles. The quantitative estimate of drug-likeness (QED) is 0.550.